The fourth-order valence-electron chi connectivity index (χ4n) is 1.86. The first kappa shape index (κ1) is 10.8. The number of nitrogens with zero attached hydrogens (tertiary/aromatic N) is 2. The van der Waals surface area contributed by atoms with Crippen LogP contribution in [0.2, 0.25) is 0 Å². The highest BCUT2D eigenvalue weighted by atomic mass is 15.3. The number of rotatable bonds is 3. The van der Waals surface area contributed by atoms with Crippen molar-refractivity contribution >= 4 is 0 Å². The molecule has 0 saturated heterocycles. The normalized spacial score (nSPS) is 12.7. The molecule has 4 N–H and O–H groups in total. The third-order valence-corrected chi connectivity index (χ3v) is 2.45. The summed E-state index contributed by atoms with van der Waals surface area (Å²) in [6, 6.07) is 6.14. The molecule has 0 aliphatic heterocycles. The highest BCUT2D eigenvalue weighted by Gasteiger charge is 2.15. The Hall–Kier alpha value is -1.72. The summed E-state index contributed by atoms with van der Waals surface area (Å²) in [6.07, 6.45) is 1.47. The topological polar surface area (TPSA) is 79.6 Å². The zero-order valence-corrected chi connectivity index (χ0v) is 9.36. The monoisotopic (exact) mass is 217 g/mol. The zero-order chi connectivity index (χ0) is 11.5. The first-order valence-electron chi connectivity index (χ1n) is 5.10. The van der Waals surface area contributed by atoms with Gasteiger partial charge in [-0.3, -0.25) is 10.9 Å². The Morgan fingerprint density at radius 3 is 2.44 bits per heavy atom. The fourth-order valence-corrected chi connectivity index (χ4v) is 1.86. The van der Waals surface area contributed by atoms with Crippen molar-refractivity contribution in [3.8, 4) is 0 Å². The van der Waals surface area contributed by atoms with E-state index in [0.717, 1.165) is 5.56 Å². The summed E-state index contributed by atoms with van der Waals surface area (Å²) in [5, 5.41) is 6.65. The Morgan fingerprint density at radius 2 is 1.94 bits per heavy atom. The van der Waals surface area contributed by atoms with Gasteiger partial charge >= 0.3 is 0 Å². The van der Waals surface area contributed by atoms with Crippen LogP contribution in [0.5, 0.6) is 0 Å². The number of aromatic nitrogens is 3. The molecule has 2 aromatic rings. The van der Waals surface area contributed by atoms with Gasteiger partial charge in [-0.2, -0.15) is 5.10 Å². The van der Waals surface area contributed by atoms with Crippen LogP contribution >= 0.6 is 0 Å². The molecule has 16 heavy (non-hydrogen) atoms. The van der Waals surface area contributed by atoms with Crippen molar-refractivity contribution in [2.24, 2.45) is 5.84 Å². The van der Waals surface area contributed by atoms with Gasteiger partial charge in [0.2, 0.25) is 0 Å². The van der Waals surface area contributed by atoms with Gasteiger partial charge in [-0.05, 0) is 19.4 Å². The molecule has 0 spiro atoms. The molecule has 84 valence electrons. The van der Waals surface area contributed by atoms with Crippen molar-refractivity contribution < 1.29 is 0 Å². The van der Waals surface area contributed by atoms with Crippen LogP contribution in [0.3, 0.4) is 0 Å². The quantitative estimate of drug-likeness (QED) is 0.529. The summed E-state index contributed by atoms with van der Waals surface area (Å²) in [7, 11) is 0. The lowest BCUT2D eigenvalue weighted by atomic mass is 10.0. The smallest absolute Gasteiger partial charge is 0.147 e. The highest BCUT2D eigenvalue weighted by Crippen LogP contribution is 2.20. The van der Waals surface area contributed by atoms with E-state index in [1.807, 2.05) is 0 Å². The first-order chi connectivity index (χ1) is 7.70. The molecule has 0 aliphatic rings. The zero-order valence-electron chi connectivity index (χ0n) is 9.36. The number of benzene rings is 1. The van der Waals surface area contributed by atoms with E-state index < -0.39 is 0 Å². The van der Waals surface area contributed by atoms with Gasteiger partial charge in [-0.1, -0.05) is 29.3 Å². The number of aromatic amines is 1. The second-order valence-electron chi connectivity index (χ2n) is 3.89. The van der Waals surface area contributed by atoms with Crippen molar-refractivity contribution in [2.45, 2.75) is 19.9 Å². The molecule has 1 unspecified atom stereocenters. The predicted octanol–water partition coefficient (Wildman–Crippen LogP) is 0.974. The van der Waals surface area contributed by atoms with Crippen LogP contribution in [-0.2, 0) is 0 Å². The summed E-state index contributed by atoms with van der Waals surface area (Å²) in [4.78, 5) is 4.11. The van der Waals surface area contributed by atoms with Crippen molar-refractivity contribution in [3.05, 3.63) is 47.0 Å². The molecular weight excluding hydrogens is 202 g/mol. The third kappa shape index (κ3) is 2.10. The van der Waals surface area contributed by atoms with Gasteiger partial charge in [0.15, 0.2) is 0 Å². The van der Waals surface area contributed by atoms with Crippen molar-refractivity contribution in [1.29, 1.82) is 0 Å². The molecule has 0 radical (unpaired) electrons. The van der Waals surface area contributed by atoms with Crippen LogP contribution in [-0.4, -0.2) is 15.2 Å². The van der Waals surface area contributed by atoms with E-state index in [4.69, 9.17) is 5.84 Å². The van der Waals surface area contributed by atoms with Gasteiger partial charge in [0.25, 0.3) is 0 Å². The lowest BCUT2D eigenvalue weighted by Crippen LogP contribution is -2.29. The van der Waals surface area contributed by atoms with E-state index in [1.54, 1.807) is 0 Å². The van der Waals surface area contributed by atoms with E-state index in [1.165, 1.54) is 17.5 Å². The minimum Gasteiger partial charge on any atom is -0.270 e. The summed E-state index contributed by atoms with van der Waals surface area (Å²) in [5.74, 6) is 6.27. The Labute approximate surface area is 94.1 Å². The first-order valence-corrected chi connectivity index (χ1v) is 5.10. The molecule has 0 aliphatic carbocycles. The van der Waals surface area contributed by atoms with Crippen LogP contribution in [0, 0.1) is 13.8 Å². The molecule has 1 aromatic carbocycles. The maximum Gasteiger partial charge on any atom is 0.147 e. The Balaban J connectivity index is 2.41. The molecule has 5 heteroatoms. The van der Waals surface area contributed by atoms with Crippen molar-refractivity contribution in [1.82, 2.24) is 20.6 Å². The maximum atomic E-state index is 5.56. The lowest BCUT2D eigenvalue weighted by molar-refractivity contribution is 0.603. The number of aryl methyl sites for hydroxylation is 2. The van der Waals surface area contributed by atoms with Crippen LogP contribution < -0.4 is 11.3 Å². The number of hydrogen-bond acceptors (Lipinski definition) is 4. The summed E-state index contributed by atoms with van der Waals surface area (Å²) < 4.78 is 0. The molecular formula is C11H15N5. The molecule has 0 fully saturated rings. The Morgan fingerprint density at radius 1 is 1.25 bits per heavy atom. The second-order valence-corrected chi connectivity index (χ2v) is 3.89. The van der Waals surface area contributed by atoms with Gasteiger partial charge in [0.05, 0.1) is 0 Å². The Bertz CT molecular complexity index is 443. The Kier molecular flexibility index (Phi) is 2.98. The number of H-pyrrole nitrogens is 1. The standard InChI is InChI=1S/C11H15N5/c1-7-3-8(2)5-9(4-7)10(15-12)11-13-6-14-16-11/h3-6,10,15H,12H2,1-2H3,(H,13,14,16). The third-order valence-electron chi connectivity index (χ3n) is 2.45. The molecule has 0 amide bonds. The van der Waals surface area contributed by atoms with Gasteiger partial charge in [0.1, 0.15) is 18.2 Å². The summed E-state index contributed by atoms with van der Waals surface area (Å²) in [6.45, 7) is 4.12. The van der Waals surface area contributed by atoms with E-state index in [2.05, 4.69) is 52.7 Å². The summed E-state index contributed by atoms with van der Waals surface area (Å²) in [5.41, 5.74) is 6.23. The van der Waals surface area contributed by atoms with E-state index in [0.29, 0.717) is 5.82 Å². The van der Waals surface area contributed by atoms with E-state index >= 15 is 0 Å². The number of hydrazine groups is 1. The van der Waals surface area contributed by atoms with Gasteiger partial charge in [0, 0.05) is 0 Å². The molecule has 0 saturated carbocycles. The molecule has 1 aromatic heterocycles. The molecule has 5 nitrogen and oxygen atoms in total. The maximum absolute atomic E-state index is 5.56. The SMILES string of the molecule is Cc1cc(C)cc(C(NN)c2ncn[nH]2)c1. The minimum absolute atomic E-state index is 0.152. The van der Waals surface area contributed by atoms with Crippen LogP contribution in [0.25, 0.3) is 0 Å². The average molecular weight is 217 g/mol. The molecule has 0 bridgehead atoms. The predicted molar refractivity (Wildman–Crippen MR) is 61.5 cm³/mol. The number of hydrogen-bond donors (Lipinski definition) is 3. The van der Waals surface area contributed by atoms with Crippen molar-refractivity contribution in [2.75, 3.05) is 0 Å². The van der Waals surface area contributed by atoms with E-state index in [9.17, 15) is 0 Å². The summed E-state index contributed by atoms with van der Waals surface area (Å²) >= 11 is 0. The lowest BCUT2D eigenvalue weighted by Gasteiger charge is -2.14. The number of nitrogens with two attached hydrogens (primary N) is 1. The van der Waals surface area contributed by atoms with Crippen LogP contribution in [0.4, 0.5) is 0 Å². The average Bonchev–Trinajstić information content (AvgIpc) is 2.70. The van der Waals surface area contributed by atoms with Gasteiger partial charge in [-0.25, -0.2) is 10.4 Å². The molecule has 2 rings (SSSR count). The molecule has 1 atom stereocenters. The van der Waals surface area contributed by atoms with Crippen LogP contribution in [0.1, 0.15) is 28.6 Å². The largest absolute Gasteiger partial charge is 0.270 e. The van der Waals surface area contributed by atoms with Gasteiger partial charge < -0.3 is 0 Å². The van der Waals surface area contributed by atoms with Crippen LogP contribution in [0.15, 0.2) is 24.5 Å². The van der Waals surface area contributed by atoms with Crippen molar-refractivity contribution in [3.63, 3.8) is 0 Å². The molecule has 1 heterocycles. The van der Waals surface area contributed by atoms with E-state index in [-0.39, 0.29) is 6.04 Å². The highest BCUT2D eigenvalue weighted by molar-refractivity contribution is 5.33. The fraction of sp³-hybridized carbons (Fsp3) is 0.273. The number of nitrogens with one attached hydrogen (secondary N) is 2. The van der Waals surface area contributed by atoms with Gasteiger partial charge in [-0.15, -0.1) is 0 Å². The minimum atomic E-state index is -0.152. The second kappa shape index (κ2) is 4.42.